The van der Waals surface area contributed by atoms with E-state index in [-0.39, 0.29) is 0 Å². The minimum atomic E-state index is -0.806. The van der Waals surface area contributed by atoms with Crippen LogP contribution >= 0.6 is 27.2 Å². The van der Waals surface area contributed by atoms with Gasteiger partial charge >= 0.3 is 35.3 Å². The van der Waals surface area contributed by atoms with Crippen molar-refractivity contribution >= 4 is 33.4 Å². The van der Waals surface area contributed by atoms with Crippen molar-refractivity contribution in [2.45, 2.75) is 32.7 Å². The fourth-order valence-corrected chi connectivity index (χ4v) is 1.62. The number of hydrogen-bond donors (Lipinski definition) is 0. The number of hydrogen-bond acceptors (Lipinski definition) is 2. The van der Waals surface area contributed by atoms with Crippen LogP contribution in [-0.4, -0.2) is 17.0 Å². The quantitative estimate of drug-likeness (QED) is 0.652. The van der Waals surface area contributed by atoms with E-state index in [4.69, 9.17) is 18.8 Å². The predicted molar refractivity (Wildman–Crippen MR) is 67.4 cm³/mol. The number of aromatic nitrogens is 1. The van der Waals surface area contributed by atoms with E-state index in [9.17, 15) is 0 Å². The molecule has 0 bridgehead atoms. The Bertz CT molecular complexity index is 255. The van der Waals surface area contributed by atoms with Crippen molar-refractivity contribution in [2.75, 3.05) is 0 Å². The average Bonchev–Trinajstić information content (AvgIpc) is 2.69. The van der Waals surface area contributed by atoms with E-state index in [1.54, 1.807) is 0 Å². The summed E-state index contributed by atoms with van der Waals surface area (Å²) in [5, 5.41) is 1.25. The van der Waals surface area contributed by atoms with Crippen LogP contribution in [0, 0.1) is 0 Å². The third kappa shape index (κ3) is 9.57. The van der Waals surface area contributed by atoms with Crippen molar-refractivity contribution in [2.24, 2.45) is 4.99 Å². The summed E-state index contributed by atoms with van der Waals surface area (Å²) in [5.74, 6) is 0. The minimum absolute atomic E-state index is 0.460. The van der Waals surface area contributed by atoms with Gasteiger partial charge < -0.3 is 0 Å². The van der Waals surface area contributed by atoms with Crippen molar-refractivity contribution in [3.8, 4) is 0 Å². The molecule has 1 rings (SSSR count). The average molecular weight is 437 g/mol. The summed E-state index contributed by atoms with van der Waals surface area (Å²) in [6.07, 6.45) is 6.19. The first-order chi connectivity index (χ1) is 7.24. The summed E-state index contributed by atoms with van der Waals surface area (Å²) in [6, 6.07) is 2.49. The molecule has 0 saturated carbocycles. The van der Waals surface area contributed by atoms with Crippen molar-refractivity contribution in [1.29, 1.82) is 0 Å². The second-order valence-corrected chi connectivity index (χ2v) is 8.28. The number of nitrogens with zero attached hydrogens (tertiary/aromatic N) is 2. The van der Waals surface area contributed by atoms with Gasteiger partial charge in [-0.15, -0.1) is 0 Å². The maximum absolute atomic E-state index is 4.93. The molecule has 0 aliphatic rings. The van der Waals surface area contributed by atoms with Gasteiger partial charge in [0.2, 0.25) is 0 Å². The van der Waals surface area contributed by atoms with Crippen LogP contribution in [0.3, 0.4) is 0 Å². The van der Waals surface area contributed by atoms with Crippen molar-refractivity contribution in [3.05, 3.63) is 17.6 Å². The molecule has 0 fully saturated rings. The van der Waals surface area contributed by atoms with Crippen LogP contribution in [0.15, 0.2) is 17.3 Å². The Kier molecular flexibility index (Phi) is 11.6. The standard InChI is InChI=1S/C9H15N2P.2ClH.W/c1-3-4-8(2)10-7-9-5-6-11-12-9;;;/h5-8,12H,3-4H2,1-2H3;2*1H;/q;;;+2/p-2. The first-order valence-electron chi connectivity index (χ1n) is 4.66. The summed E-state index contributed by atoms with van der Waals surface area (Å²) < 4.78 is 4.11. The van der Waals surface area contributed by atoms with Crippen LogP contribution < -0.4 is 0 Å². The fourth-order valence-electron chi connectivity index (χ4n) is 1.04. The van der Waals surface area contributed by atoms with E-state index in [0.29, 0.717) is 14.4 Å². The SMILES string of the molecule is CCCC(C)N=Cc1ccn[pH]1.[Cl][W][Cl]. The van der Waals surface area contributed by atoms with Crippen LogP contribution in [0.1, 0.15) is 32.0 Å². The van der Waals surface area contributed by atoms with Crippen molar-refractivity contribution in [3.63, 3.8) is 0 Å². The summed E-state index contributed by atoms with van der Waals surface area (Å²) in [5.41, 5.74) is 0. The van der Waals surface area contributed by atoms with Crippen LogP contribution in [0.4, 0.5) is 0 Å². The Morgan fingerprint density at radius 2 is 2.33 bits per heavy atom. The zero-order chi connectivity index (χ0) is 11.5. The van der Waals surface area contributed by atoms with Gasteiger partial charge in [-0.05, 0) is 27.8 Å². The zero-order valence-electron chi connectivity index (χ0n) is 8.78. The Labute approximate surface area is 109 Å². The van der Waals surface area contributed by atoms with Gasteiger partial charge in [0.25, 0.3) is 0 Å². The van der Waals surface area contributed by atoms with Crippen molar-refractivity contribution in [1.82, 2.24) is 4.75 Å². The zero-order valence-corrected chi connectivity index (χ0v) is 14.2. The van der Waals surface area contributed by atoms with E-state index in [0.717, 1.165) is 0 Å². The third-order valence-corrected chi connectivity index (χ3v) is 2.53. The van der Waals surface area contributed by atoms with Gasteiger partial charge in [-0.25, -0.2) is 4.75 Å². The molecule has 86 valence electrons. The Morgan fingerprint density at radius 3 is 2.80 bits per heavy atom. The molecule has 0 aromatic carbocycles. The molecule has 0 saturated heterocycles. The third-order valence-electron chi connectivity index (χ3n) is 1.70. The molecule has 15 heavy (non-hydrogen) atoms. The second-order valence-electron chi connectivity index (χ2n) is 2.99. The van der Waals surface area contributed by atoms with Gasteiger partial charge in [0.1, 0.15) is 0 Å². The summed E-state index contributed by atoms with van der Waals surface area (Å²) in [4.78, 5) is 4.43. The van der Waals surface area contributed by atoms with E-state index >= 15 is 0 Å². The molecule has 0 radical (unpaired) electrons. The number of rotatable bonds is 4. The molecule has 6 heteroatoms. The summed E-state index contributed by atoms with van der Waals surface area (Å²) in [6.45, 7) is 4.34. The van der Waals surface area contributed by atoms with Gasteiger partial charge in [0.05, 0.1) is 0 Å². The molecule has 2 atom stereocenters. The van der Waals surface area contributed by atoms with Crippen LogP contribution in [-0.2, 0) is 16.5 Å². The Balaban J connectivity index is 0.000000583. The maximum atomic E-state index is 4.93. The molecular formula is C9H15Cl2N2PW. The van der Waals surface area contributed by atoms with Crippen molar-refractivity contribution < 1.29 is 16.5 Å². The van der Waals surface area contributed by atoms with Crippen LogP contribution in [0.2, 0.25) is 0 Å². The molecule has 0 N–H and O–H groups in total. The fraction of sp³-hybridized carbons (Fsp3) is 0.556. The molecular weight excluding hydrogens is 422 g/mol. The molecule has 1 aromatic heterocycles. The predicted octanol–water partition coefficient (Wildman–Crippen LogP) is 4.10. The van der Waals surface area contributed by atoms with Gasteiger partial charge in [-0.3, -0.25) is 4.99 Å². The number of halogens is 2. The normalized spacial score (nSPS) is 12.8. The molecule has 2 nitrogen and oxygen atoms in total. The number of aliphatic imine (C=N–C) groups is 1. The first kappa shape index (κ1) is 15.6. The van der Waals surface area contributed by atoms with E-state index in [2.05, 4.69) is 23.6 Å². The van der Waals surface area contributed by atoms with E-state index < -0.39 is 16.5 Å². The van der Waals surface area contributed by atoms with Gasteiger partial charge in [-0.1, -0.05) is 13.3 Å². The van der Waals surface area contributed by atoms with E-state index in [1.165, 1.54) is 18.1 Å². The van der Waals surface area contributed by atoms with Crippen LogP contribution in [0.5, 0.6) is 0 Å². The monoisotopic (exact) mass is 436 g/mol. The first-order valence-corrected chi connectivity index (χ1v) is 12.9. The topological polar surface area (TPSA) is 25.2 Å². The van der Waals surface area contributed by atoms with Gasteiger partial charge in [0, 0.05) is 23.7 Å². The van der Waals surface area contributed by atoms with E-state index in [1.807, 2.05) is 18.5 Å². The molecule has 0 aliphatic carbocycles. The Hall–Kier alpha value is 0.648. The van der Waals surface area contributed by atoms with Gasteiger partial charge in [-0.2, -0.15) is 0 Å². The Morgan fingerprint density at radius 1 is 1.67 bits per heavy atom. The molecule has 0 aliphatic heterocycles. The second kappa shape index (κ2) is 11.1. The summed E-state index contributed by atoms with van der Waals surface area (Å²) in [7, 11) is 10.4. The molecule has 1 heterocycles. The molecule has 0 amide bonds. The molecule has 0 spiro atoms. The molecule has 2 unspecified atom stereocenters. The van der Waals surface area contributed by atoms with Gasteiger partial charge in [0.15, 0.2) is 0 Å². The van der Waals surface area contributed by atoms with Crippen LogP contribution in [0.25, 0.3) is 0 Å². The molecule has 1 aromatic rings. The summed E-state index contributed by atoms with van der Waals surface area (Å²) >= 11 is -0.806.